The maximum absolute atomic E-state index is 13.8. The molecule has 1 unspecified atom stereocenters. The van der Waals surface area contributed by atoms with Crippen LogP contribution in [-0.2, 0) is 37.3 Å². The minimum Gasteiger partial charge on any atom is -0.379 e. The summed E-state index contributed by atoms with van der Waals surface area (Å²) in [5.74, 6) is -0.423. The third-order valence-electron chi connectivity index (χ3n) is 6.46. The van der Waals surface area contributed by atoms with E-state index in [1.54, 1.807) is 36.1 Å². The van der Waals surface area contributed by atoms with Crippen molar-refractivity contribution in [1.82, 2.24) is 14.9 Å². The topological polar surface area (TPSA) is 105 Å². The first kappa shape index (κ1) is 32.0. The summed E-state index contributed by atoms with van der Waals surface area (Å²) < 4.78 is 32.6. The molecule has 0 saturated heterocycles. The number of hydrogen-bond donors (Lipinski definition) is 2. The molecule has 9 heteroatoms. The van der Waals surface area contributed by atoms with Gasteiger partial charge in [-0.1, -0.05) is 79.7 Å². The summed E-state index contributed by atoms with van der Waals surface area (Å²) >= 11 is 0. The summed E-state index contributed by atoms with van der Waals surface area (Å²) in [4.78, 5) is 29.3. The maximum Gasteiger partial charge on any atom is 0.247 e. The molecule has 0 fully saturated rings. The molecule has 41 heavy (non-hydrogen) atoms. The number of sulfonamides is 1. The Hall–Kier alpha value is -3.53. The fourth-order valence-corrected chi connectivity index (χ4v) is 5.46. The van der Waals surface area contributed by atoms with Crippen LogP contribution < -0.4 is 10.0 Å². The highest BCUT2D eigenvalue weighted by Crippen LogP contribution is 2.25. The van der Waals surface area contributed by atoms with Crippen LogP contribution in [0, 0.1) is 0 Å². The van der Waals surface area contributed by atoms with Crippen LogP contribution in [-0.4, -0.2) is 50.9 Å². The van der Waals surface area contributed by atoms with Crippen LogP contribution in [0.4, 0.5) is 0 Å². The van der Waals surface area contributed by atoms with Gasteiger partial charge in [0, 0.05) is 32.7 Å². The summed E-state index contributed by atoms with van der Waals surface area (Å²) in [6, 6.07) is 24.7. The number of aryl methyl sites for hydroxylation is 1. The van der Waals surface area contributed by atoms with Crippen molar-refractivity contribution in [3.8, 4) is 0 Å². The lowest BCUT2D eigenvalue weighted by Crippen LogP contribution is -2.44. The van der Waals surface area contributed by atoms with Gasteiger partial charge in [-0.2, -0.15) is 0 Å². The van der Waals surface area contributed by atoms with Crippen LogP contribution in [0.1, 0.15) is 56.3 Å². The zero-order valence-corrected chi connectivity index (χ0v) is 24.9. The molecular weight excluding hydrogens is 538 g/mol. The second kappa shape index (κ2) is 16.0. The number of nitrogens with zero attached hydrogens (tertiary/aromatic N) is 1. The normalized spacial score (nSPS) is 12.2. The standard InChI is InChI=1S/C32H41N3O5S/c1-4-34-41(38,39)29-19-16-26(17-20-29)18-21-30(36)35(24-27-12-7-5-8-13-27)31(28-14-9-6-10-15-28)32(37)33-22-11-23-40-25(2)3/h5-10,12-17,19-20,25,31,34H,4,11,18,21-24H2,1-3H3,(H,33,37). The molecule has 0 aliphatic rings. The van der Waals surface area contributed by atoms with Crippen LogP contribution in [0.5, 0.6) is 0 Å². The largest absolute Gasteiger partial charge is 0.379 e. The lowest BCUT2D eigenvalue weighted by atomic mass is 10.0. The molecule has 2 N–H and O–H groups in total. The van der Waals surface area contributed by atoms with Crippen molar-refractivity contribution in [3.05, 3.63) is 102 Å². The fourth-order valence-electron chi connectivity index (χ4n) is 4.41. The molecule has 0 saturated carbocycles. The van der Waals surface area contributed by atoms with Gasteiger partial charge in [-0.05, 0) is 55.5 Å². The SMILES string of the molecule is CCNS(=O)(=O)c1ccc(CCC(=O)N(Cc2ccccc2)C(C(=O)NCCCOC(C)C)c2ccccc2)cc1. The predicted molar refractivity (Wildman–Crippen MR) is 161 cm³/mol. The zero-order valence-electron chi connectivity index (χ0n) is 24.1. The molecule has 2 amide bonds. The van der Waals surface area contributed by atoms with E-state index < -0.39 is 16.1 Å². The van der Waals surface area contributed by atoms with Gasteiger partial charge in [-0.15, -0.1) is 0 Å². The monoisotopic (exact) mass is 579 g/mol. The Balaban J connectivity index is 1.81. The Morgan fingerprint density at radius 1 is 0.878 bits per heavy atom. The minimum atomic E-state index is -3.55. The predicted octanol–water partition coefficient (Wildman–Crippen LogP) is 4.62. The Morgan fingerprint density at radius 3 is 2.12 bits per heavy atom. The molecule has 3 aromatic rings. The van der Waals surface area contributed by atoms with Crippen LogP contribution in [0.25, 0.3) is 0 Å². The van der Waals surface area contributed by atoms with Crippen LogP contribution in [0.3, 0.4) is 0 Å². The number of benzene rings is 3. The van der Waals surface area contributed by atoms with Gasteiger partial charge in [0.05, 0.1) is 11.0 Å². The third-order valence-corrected chi connectivity index (χ3v) is 8.02. The van der Waals surface area contributed by atoms with Crippen LogP contribution in [0.15, 0.2) is 89.8 Å². The molecule has 1 atom stereocenters. The summed E-state index contributed by atoms with van der Waals surface area (Å²) in [5, 5.41) is 3.00. The minimum absolute atomic E-state index is 0.121. The average Bonchev–Trinajstić information content (AvgIpc) is 2.96. The van der Waals surface area contributed by atoms with E-state index in [4.69, 9.17) is 4.74 Å². The highest BCUT2D eigenvalue weighted by Gasteiger charge is 2.31. The van der Waals surface area contributed by atoms with Crippen molar-refractivity contribution in [2.75, 3.05) is 19.7 Å². The number of carbonyl (C=O) groups excluding carboxylic acids is 2. The molecule has 3 rings (SSSR count). The molecule has 3 aromatic carbocycles. The van der Waals surface area contributed by atoms with E-state index >= 15 is 0 Å². The van der Waals surface area contributed by atoms with Gasteiger partial charge < -0.3 is 15.0 Å². The van der Waals surface area contributed by atoms with Gasteiger partial charge in [0.1, 0.15) is 6.04 Å². The number of carbonyl (C=O) groups is 2. The van der Waals surface area contributed by atoms with E-state index in [-0.39, 0.29) is 35.8 Å². The molecule has 0 aliphatic carbocycles. The second-order valence-electron chi connectivity index (χ2n) is 10.0. The Bertz CT molecular complexity index is 1330. The molecule has 0 radical (unpaired) electrons. The van der Waals surface area contributed by atoms with Gasteiger partial charge in [-0.3, -0.25) is 9.59 Å². The summed E-state index contributed by atoms with van der Waals surface area (Å²) in [7, 11) is -3.55. The van der Waals surface area contributed by atoms with E-state index in [1.165, 1.54) is 0 Å². The van der Waals surface area contributed by atoms with E-state index in [0.717, 1.165) is 16.7 Å². The van der Waals surface area contributed by atoms with Gasteiger partial charge in [0.2, 0.25) is 21.8 Å². The molecular formula is C32H41N3O5S. The Kier molecular flexibility index (Phi) is 12.5. The zero-order chi connectivity index (χ0) is 29.7. The highest BCUT2D eigenvalue weighted by molar-refractivity contribution is 7.89. The molecule has 220 valence electrons. The number of hydrogen-bond acceptors (Lipinski definition) is 5. The molecule has 0 aliphatic heterocycles. The van der Waals surface area contributed by atoms with Crippen molar-refractivity contribution in [3.63, 3.8) is 0 Å². The summed E-state index contributed by atoms with van der Waals surface area (Å²) in [6.45, 7) is 7.21. The number of nitrogens with one attached hydrogen (secondary N) is 2. The van der Waals surface area contributed by atoms with Crippen LogP contribution in [0.2, 0.25) is 0 Å². The van der Waals surface area contributed by atoms with Crippen LogP contribution >= 0.6 is 0 Å². The molecule has 0 bridgehead atoms. The van der Waals surface area contributed by atoms with Crippen molar-refractivity contribution in [2.45, 2.75) is 63.6 Å². The van der Waals surface area contributed by atoms with Gasteiger partial charge in [-0.25, -0.2) is 13.1 Å². The first-order chi connectivity index (χ1) is 19.7. The number of rotatable bonds is 16. The van der Waals surface area contributed by atoms with Gasteiger partial charge in [0.25, 0.3) is 0 Å². The van der Waals surface area contributed by atoms with E-state index in [2.05, 4.69) is 10.0 Å². The first-order valence-corrected chi connectivity index (χ1v) is 15.6. The fraction of sp³-hybridized carbons (Fsp3) is 0.375. The van der Waals surface area contributed by atoms with Gasteiger partial charge >= 0.3 is 0 Å². The van der Waals surface area contributed by atoms with E-state index in [0.29, 0.717) is 32.5 Å². The molecule has 8 nitrogen and oxygen atoms in total. The van der Waals surface area contributed by atoms with Crippen molar-refractivity contribution in [2.24, 2.45) is 0 Å². The number of ether oxygens (including phenoxy) is 1. The van der Waals surface area contributed by atoms with E-state index in [9.17, 15) is 18.0 Å². The lowest BCUT2D eigenvalue weighted by Gasteiger charge is -2.32. The summed E-state index contributed by atoms with van der Waals surface area (Å²) in [5.41, 5.74) is 2.47. The average molecular weight is 580 g/mol. The Labute approximate surface area is 244 Å². The maximum atomic E-state index is 13.8. The van der Waals surface area contributed by atoms with Crippen molar-refractivity contribution < 1.29 is 22.7 Å². The lowest BCUT2D eigenvalue weighted by molar-refractivity contribution is -0.141. The smallest absolute Gasteiger partial charge is 0.247 e. The summed E-state index contributed by atoms with van der Waals surface area (Å²) in [6.07, 6.45) is 1.35. The highest BCUT2D eigenvalue weighted by atomic mass is 32.2. The number of amides is 2. The molecule has 0 aromatic heterocycles. The third kappa shape index (κ3) is 10.1. The first-order valence-electron chi connectivity index (χ1n) is 14.1. The van der Waals surface area contributed by atoms with Gasteiger partial charge in [0.15, 0.2) is 0 Å². The molecule has 0 spiro atoms. The molecule has 0 heterocycles. The second-order valence-corrected chi connectivity index (χ2v) is 11.8. The Morgan fingerprint density at radius 2 is 1.51 bits per heavy atom. The van der Waals surface area contributed by atoms with Crippen molar-refractivity contribution in [1.29, 1.82) is 0 Å². The van der Waals surface area contributed by atoms with E-state index in [1.807, 2.05) is 74.5 Å². The quantitative estimate of drug-likeness (QED) is 0.241. The van der Waals surface area contributed by atoms with Crippen molar-refractivity contribution >= 4 is 21.8 Å².